The fourth-order valence-electron chi connectivity index (χ4n) is 2.23. The van der Waals surface area contributed by atoms with Crippen molar-refractivity contribution in [1.82, 2.24) is 4.90 Å². The van der Waals surface area contributed by atoms with E-state index in [0.29, 0.717) is 6.54 Å². The summed E-state index contributed by atoms with van der Waals surface area (Å²) in [5.74, 6) is 0. The van der Waals surface area contributed by atoms with Crippen LogP contribution in [0, 0.1) is 0 Å². The van der Waals surface area contributed by atoms with E-state index >= 15 is 0 Å². The maximum atomic E-state index is 12.1. The Morgan fingerprint density at radius 1 is 1.32 bits per heavy atom. The highest BCUT2D eigenvalue weighted by atomic mass is 16.5. The second kappa shape index (κ2) is 5.61. The molecule has 2 amide bonds. The number of ether oxygens (including phenoxy) is 1. The second-order valence-corrected chi connectivity index (χ2v) is 5.88. The van der Waals surface area contributed by atoms with Crippen molar-refractivity contribution in [2.45, 2.75) is 38.9 Å². The van der Waals surface area contributed by atoms with Crippen LogP contribution in [0.3, 0.4) is 0 Å². The molecule has 1 atom stereocenters. The first kappa shape index (κ1) is 13.9. The van der Waals surface area contributed by atoms with Gasteiger partial charge in [-0.15, -0.1) is 0 Å². The van der Waals surface area contributed by atoms with Crippen molar-refractivity contribution in [2.24, 2.45) is 0 Å². The molecule has 0 unspecified atom stereocenters. The number of nitrogens with one attached hydrogen (secondary N) is 1. The van der Waals surface area contributed by atoms with Crippen LogP contribution in [-0.4, -0.2) is 35.7 Å². The van der Waals surface area contributed by atoms with Crippen LogP contribution in [0.2, 0.25) is 0 Å². The number of para-hydroxylation sites is 1. The molecule has 1 fully saturated rings. The number of benzene rings is 1. The Hall–Kier alpha value is -1.55. The van der Waals surface area contributed by atoms with Crippen molar-refractivity contribution in [2.75, 3.05) is 18.4 Å². The summed E-state index contributed by atoms with van der Waals surface area (Å²) in [6.45, 7) is 7.54. The van der Waals surface area contributed by atoms with Gasteiger partial charge in [0.05, 0.1) is 11.7 Å². The summed E-state index contributed by atoms with van der Waals surface area (Å²) in [6, 6.07) is 9.47. The topological polar surface area (TPSA) is 41.6 Å². The highest BCUT2D eigenvalue weighted by Crippen LogP contribution is 2.20. The maximum Gasteiger partial charge on any atom is 0.321 e. The Kier molecular flexibility index (Phi) is 4.10. The van der Waals surface area contributed by atoms with Gasteiger partial charge in [-0.2, -0.15) is 0 Å². The van der Waals surface area contributed by atoms with E-state index in [0.717, 1.165) is 18.7 Å². The monoisotopic (exact) mass is 262 g/mol. The molecule has 1 aromatic carbocycles. The Labute approximate surface area is 114 Å². The van der Waals surface area contributed by atoms with Gasteiger partial charge in [-0.3, -0.25) is 0 Å². The normalized spacial score (nSPS) is 19.5. The van der Waals surface area contributed by atoms with E-state index in [-0.39, 0.29) is 17.7 Å². The molecular weight excluding hydrogens is 240 g/mol. The Balaban J connectivity index is 1.85. The lowest BCUT2D eigenvalue weighted by molar-refractivity contribution is -0.0526. The van der Waals surface area contributed by atoms with Crippen molar-refractivity contribution >= 4 is 11.7 Å². The summed E-state index contributed by atoms with van der Waals surface area (Å²) >= 11 is 0. The van der Waals surface area contributed by atoms with E-state index in [2.05, 4.69) is 5.32 Å². The van der Waals surface area contributed by atoms with Crippen LogP contribution in [0.4, 0.5) is 10.5 Å². The van der Waals surface area contributed by atoms with E-state index in [1.165, 1.54) is 0 Å². The first-order valence-corrected chi connectivity index (χ1v) is 6.73. The van der Waals surface area contributed by atoms with Crippen molar-refractivity contribution < 1.29 is 9.53 Å². The smallest absolute Gasteiger partial charge is 0.321 e. The van der Waals surface area contributed by atoms with Crippen LogP contribution in [0.1, 0.15) is 27.2 Å². The molecule has 0 bridgehead atoms. The minimum atomic E-state index is -0.156. The van der Waals surface area contributed by atoms with Crippen molar-refractivity contribution in [1.29, 1.82) is 0 Å². The summed E-state index contributed by atoms with van der Waals surface area (Å²) in [7, 11) is 0. The third-order valence-corrected chi connectivity index (χ3v) is 2.98. The van der Waals surface area contributed by atoms with Crippen molar-refractivity contribution in [3.05, 3.63) is 30.3 Å². The zero-order valence-corrected chi connectivity index (χ0v) is 11.8. The third kappa shape index (κ3) is 4.24. The van der Waals surface area contributed by atoms with Crippen LogP contribution in [0.5, 0.6) is 0 Å². The summed E-state index contributed by atoms with van der Waals surface area (Å²) in [6.07, 6.45) is 1.04. The number of urea groups is 1. The molecule has 4 heteroatoms. The molecule has 1 aliphatic rings. The van der Waals surface area contributed by atoms with Crippen molar-refractivity contribution in [3.63, 3.8) is 0 Å². The summed E-state index contributed by atoms with van der Waals surface area (Å²) < 4.78 is 5.91. The summed E-state index contributed by atoms with van der Waals surface area (Å²) in [5.41, 5.74) is 0.670. The molecule has 1 aliphatic heterocycles. The van der Waals surface area contributed by atoms with E-state index in [1.807, 2.05) is 56.0 Å². The highest BCUT2D eigenvalue weighted by molar-refractivity contribution is 5.89. The highest BCUT2D eigenvalue weighted by Gasteiger charge is 2.29. The van der Waals surface area contributed by atoms with Gasteiger partial charge >= 0.3 is 6.03 Å². The molecule has 0 radical (unpaired) electrons. The fraction of sp³-hybridized carbons (Fsp3) is 0.533. The molecule has 1 aromatic rings. The van der Waals surface area contributed by atoms with E-state index in [1.54, 1.807) is 0 Å². The maximum absolute atomic E-state index is 12.1. The van der Waals surface area contributed by atoms with Gasteiger partial charge in [-0.25, -0.2) is 4.79 Å². The standard InChI is InChI=1S/C15H22N2O2/c1-15(2,3)19-13-9-10-17(11-13)14(18)16-12-7-5-4-6-8-12/h4-8,13H,9-11H2,1-3H3,(H,16,18)/t13-/m1/s1. The predicted molar refractivity (Wildman–Crippen MR) is 76.3 cm³/mol. The minimum Gasteiger partial charge on any atom is -0.371 e. The minimum absolute atomic E-state index is 0.0498. The Bertz CT molecular complexity index is 426. The number of likely N-dealkylation sites (tertiary alicyclic amines) is 1. The Morgan fingerprint density at radius 2 is 2.00 bits per heavy atom. The molecule has 19 heavy (non-hydrogen) atoms. The van der Waals surface area contributed by atoms with Crippen LogP contribution < -0.4 is 5.32 Å². The quantitative estimate of drug-likeness (QED) is 0.889. The van der Waals surface area contributed by atoms with E-state index in [4.69, 9.17) is 4.74 Å². The van der Waals surface area contributed by atoms with Gasteiger partial charge in [0.25, 0.3) is 0 Å². The van der Waals surface area contributed by atoms with Crippen LogP contribution >= 0.6 is 0 Å². The van der Waals surface area contributed by atoms with E-state index < -0.39 is 0 Å². The van der Waals surface area contributed by atoms with E-state index in [9.17, 15) is 4.79 Å². The first-order valence-electron chi connectivity index (χ1n) is 6.73. The largest absolute Gasteiger partial charge is 0.371 e. The number of nitrogens with zero attached hydrogens (tertiary/aromatic N) is 1. The van der Waals surface area contributed by atoms with Gasteiger partial charge in [0.2, 0.25) is 0 Å². The van der Waals surface area contributed by atoms with Gasteiger partial charge < -0.3 is 15.0 Å². The molecule has 104 valence electrons. The number of anilines is 1. The number of rotatable bonds is 2. The van der Waals surface area contributed by atoms with Gasteiger partial charge in [-0.05, 0) is 39.3 Å². The lowest BCUT2D eigenvalue weighted by Crippen LogP contribution is -2.35. The molecule has 2 rings (SSSR count). The van der Waals surface area contributed by atoms with Crippen LogP contribution in [-0.2, 0) is 4.74 Å². The summed E-state index contributed by atoms with van der Waals surface area (Å²) in [5, 5.41) is 2.90. The van der Waals surface area contributed by atoms with Gasteiger partial charge in [0, 0.05) is 18.8 Å². The molecule has 0 aliphatic carbocycles. The zero-order valence-electron chi connectivity index (χ0n) is 11.8. The molecule has 4 nitrogen and oxygen atoms in total. The second-order valence-electron chi connectivity index (χ2n) is 5.88. The molecule has 1 heterocycles. The Morgan fingerprint density at radius 3 is 2.63 bits per heavy atom. The number of hydrogen-bond acceptors (Lipinski definition) is 2. The SMILES string of the molecule is CC(C)(C)O[C@@H]1CCN(C(=O)Nc2ccccc2)C1. The predicted octanol–water partition coefficient (Wildman–Crippen LogP) is 3.11. The number of amides is 2. The molecule has 0 aromatic heterocycles. The number of carbonyl (C=O) groups excluding carboxylic acids is 1. The average molecular weight is 262 g/mol. The number of carbonyl (C=O) groups is 1. The van der Waals surface area contributed by atoms with Crippen molar-refractivity contribution in [3.8, 4) is 0 Å². The average Bonchev–Trinajstić information content (AvgIpc) is 2.76. The first-order chi connectivity index (χ1) is 8.94. The molecular formula is C15H22N2O2. The lowest BCUT2D eigenvalue weighted by atomic mass is 10.2. The van der Waals surface area contributed by atoms with Gasteiger partial charge in [0.1, 0.15) is 0 Å². The zero-order chi connectivity index (χ0) is 13.9. The molecule has 0 spiro atoms. The molecule has 0 saturated carbocycles. The van der Waals surface area contributed by atoms with Crippen LogP contribution in [0.15, 0.2) is 30.3 Å². The lowest BCUT2D eigenvalue weighted by Gasteiger charge is -2.25. The number of hydrogen-bond donors (Lipinski definition) is 1. The molecule has 1 saturated heterocycles. The van der Waals surface area contributed by atoms with Gasteiger partial charge in [0.15, 0.2) is 0 Å². The van der Waals surface area contributed by atoms with Gasteiger partial charge in [-0.1, -0.05) is 18.2 Å². The summed E-state index contributed by atoms with van der Waals surface area (Å²) in [4.78, 5) is 13.9. The molecule has 1 N–H and O–H groups in total. The third-order valence-electron chi connectivity index (χ3n) is 2.98. The fourth-order valence-corrected chi connectivity index (χ4v) is 2.23. The van der Waals surface area contributed by atoms with Crippen LogP contribution in [0.25, 0.3) is 0 Å².